The van der Waals surface area contributed by atoms with Crippen molar-refractivity contribution in [3.05, 3.63) is 95.1 Å². The molecule has 3 aromatic rings. The third-order valence-corrected chi connectivity index (χ3v) is 5.71. The molecular weight excluding hydrogens is 414 g/mol. The zero-order valence-corrected chi connectivity index (χ0v) is 19.1. The largest absolute Gasteiger partial charge is 0.493 e. The summed E-state index contributed by atoms with van der Waals surface area (Å²) in [6.45, 7) is 2.61. The molecule has 0 unspecified atom stereocenters. The second-order valence-electron chi connectivity index (χ2n) is 8.07. The third-order valence-electron chi connectivity index (χ3n) is 5.71. The van der Waals surface area contributed by atoms with Gasteiger partial charge in [-0.25, -0.2) is 0 Å². The molecule has 0 spiro atoms. The lowest BCUT2D eigenvalue weighted by Gasteiger charge is -2.28. The van der Waals surface area contributed by atoms with Gasteiger partial charge in [-0.3, -0.25) is 9.69 Å². The summed E-state index contributed by atoms with van der Waals surface area (Å²) in [5.74, 6) is 1.87. The Bertz CT molecular complexity index is 1080. The van der Waals surface area contributed by atoms with Crippen molar-refractivity contribution < 1.29 is 19.0 Å². The minimum atomic E-state index is 0.182. The Morgan fingerprint density at radius 1 is 0.879 bits per heavy atom. The molecule has 1 saturated heterocycles. The molecule has 170 valence electrons. The van der Waals surface area contributed by atoms with E-state index in [0.29, 0.717) is 36.8 Å². The molecule has 33 heavy (non-hydrogen) atoms. The Morgan fingerprint density at radius 2 is 1.48 bits per heavy atom. The van der Waals surface area contributed by atoms with E-state index in [-0.39, 0.29) is 5.78 Å². The first-order valence-corrected chi connectivity index (χ1v) is 11.1. The van der Waals surface area contributed by atoms with E-state index in [1.165, 1.54) is 5.56 Å². The standard InChI is InChI=1S/C28H29NO4/c1-31-26-16-23(17-27(32-2)28(26)33-20-22-11-7-4-8-12-22)15-24-19-29(14-13-25(24)30)18-21-9-5-3-6-10-21/h3-12,15-17H,13-14,18-20H2,1-2H3/b24-15+. The maximum atomic E-state index is 12.6. The van der Waals surface area contributed by atoms with Crippen LogP contribution in [0.4, 0.5) is 0 Å². The van der Waals surface area contributed by atoms with Crippen LogP contribution in [0.2, 0.25) is 0 Å². The molecule has 0 radical (unpaired) electrons. The lowest BCUT2D eigenvalue weighted by Crippen LogP contribution is -2.35. The van der Waals surface area contributed by atoms with E-state index < -0.39 is 0 Å². The number of ether oxygens (including phenoxy) is 3. The number of rotatable bonds is 8. The van der Waals surface area contributed by atoms with E-state index >= 15 is 0 Å². The molecule has 0 aliphatic carbocycles. The molecule has 0 amide bonds. The first-order chi connectivity index (χ1) is 16.2. The van der Waals surface area contributed by atoms with Gasteiger partial charge in [0, 0.05) is 31.6 Å². The number of hydrogen-bond acceptors (Lipinski definition) is 5. The fraction of sp³-hybridized carbons (Fsp3) is 0.250. The van der Waals surface area contributed by atoms with E-state index in [4.69, 9.17) is 14.2 Å². The lowest BCUT2D eigenvalue weighted by atomic mass is 9.99. The molecule has 1 aliphatic rings. The SMILES string of the molecule is COc1cc(/C=C2\CN(Cc3ccccc3)CCC2=O)cc(OC)c1OCc1ccccc1. The van der Waals surface area contributed by atoms with Gasteiger partial charge < -0.3 is 14.2 Å². The molecule has 0 bridgehead atoms. The second kappa shape index (κ2) is 10.8. The average molecular weight is 444 g/mol. The molecule has 3 aromatic carbocycles. The maximum absolute atomic E-state index is 12.6. The van der Waals surface area contributed by atoms with Gasteiger partial charge in [-0.1, -0.05) is 60.7 Å². The smallest absolute Gasteiger partial charge is 0.203 e. The van der Waals surface area contributed by atoms with Gasteiger partial charge in [0.25, 0.3) is 0 Å². The van der Waals surface area contributed by atoms with E-state index in [2.05, 4.69) is 17.0 Å². The molecule has 0 aromatic heterocycles. The van der Waals surface area contributed by atoms with Gasteiger partial charge in [0.1, 0.15) is 6.61 Å². The first-order valence-electron chi connectivity index (χ1n) is 11.1. The Hall–Kier alpha value is -3.57. The van der Waals surface area contributed by atoms with Crippen LogP contribution in [-0.4, -0.2) is 38.0 Å². The predicted octanol–water partition coefficient (Wildman–Crippen LogP) is 5.14. The first kappa shape index (κ1) is 22.6. The minimum absolute atomic E-state index is 0.182. The van der Waals surface area contributed by atoms with Crippen LogP contribution in [0, 0.1) is 0 Å². The molecule has 5 heteroatoms. The zero-order chi connectivity index (χ0) is 23.0. The van der Waals surface area contributed by atoms with Gasteiger partial charge in [0.2, 0.25) is 5.75 Å². The number of nitrogens with zero attached hydrogens (tertiary/aromatic N) is 1. The Labute approximate surface area is 195 Å². The number of carbonyl (C=O) groups is 1. The number of Topliss-reactive ketones (excluding diaryl/α,β-unsaturated/α-hetero) is 1. The highest BCUT2D eigenvalue weighted by Gasteiger charge is 2.22. The molecule has 1 fully saturated rings. The number of ketones is 1. The normalized spacial score (nSPS) is 15.5. The van der Waals surface area contributed by atoms with Gasteiger partial charge in [0.05, 0.1) is 14.2 Å². The number of likely N-dealkylation sites (tertiary alicyclic amines) is 1. The predicted molar refractivity (Wildman–Crippen MR) is 130 cm³/mol. The lowest BCUT2D eigenvalue weighted by molar-refractivity contribution is -0.117. The van der Waals surface area contributed by atoms with Gasteiger partial charge in [-0.15, -0.1) is 0 Å². The van der Waals surface area contributed by atoms with Crippen molar-refractivity contribution in [1.82, 2.24) is 4.90 Å². The van der Waals surface area contributed by atoms with E-state index in [0.717, 1.165) is 29.8 Å². The second-order valence-corrected chi connectivity index (χ2v) is 8.07. The summed E-state index contributed by atoms with van der Waals surface area (Å²) >= 11 is 0. The summed E-state index contributed by atoms with van der Waals surface area (Å²) in [4.78, 5) is 14.9. The molecule has 0 atom stereocenters. The summed E-state index contributed by atoms with van der Waals surface area (Å²) in [6, 6.07) is 24.0. The zero-order valence-electron chi connectivity index (χ0n) is 19.1. The highest BCUT2D eigenvalue weighted by atomic mass is 16.5. The molecule has 5 nitrogen and oxygen atoms in total. The van der Waals surface area contributed by atoms with Gasteiger partial charge in [-0.2, -0.15) is 0 Å². The van der Waals surface area contributed by atoms with Crippen LogP contribution in [0.5, 0.6) is 17.2 Å². The molecule has 0 saturated carbocycles. The van der Waals surface area contributed by atoms with Gasteiger partial charge in [0.15, 0.2) is 17.3 Å². The van der Waals surface area contributed by atoms with Gasteiger partial charge >= 0.3 is 0 Å². The molecule has 0 N–H and O–H groups in total. The number of methoxy groups -OCH3 is 2. The Morgan fingerprint density at radius 3 is 2.09 bits per heavy atom. The van der Waals surface area contributed by atoms with Crippen molar-refractivity contribution in [3.63, 3.8) is 0 Å². The number of piperidine rings is 1. The Kier molecular flexibility index (Phi) is 7.43. The summed E-state index contributed by atoms with van der Waals surface area (Å²) in [5.41, 5.74) is 3.94. The van der Waals surface area contributed by atoms with Crippen LogP contribution in [0.15, 0.2) is 78.4 Å². The topological polar surface area (TPSA) is 48.0 Å². The van der Waals surface area contributed by atoms with Crippen LogP contribution >= 0.6 is 0 Å². The Balaban J connectivity index is 1.55. The summed E-state index contributed by atoms with van der Waals surface area (Å²) in [6.07, 6.45) is 2.46. The summed E-state index contributed by atoms with van der Waals surface area (Å²) in [7, 11) is 3.21. The highest BCUT2D eigenvalue weighted by Crippen LogP contribution is 2.39. The minimum Gasteiger partial charge on any atom is -0.493 e. The van der Waals surface area contributed by atoms with Gasteiger partial charge in [-0.05, 0) is 34.9 Å². The number of carbonyl (C=O) groups excluding carboxylic acids is 1. The van der Waals surface area contributed by atoms with Crippen LogP contribution in [0.1, 0.15) is 23.1 Å². The molecule has 1 heterocycles. The third kappa shape index (κ3) is 5.82. The average Bonchev–Trinajstić information content (AvgIpc) is 2.86. The van der Waals surface area contributed by atoms with Crippen molar-refractivity contribution in [1.29, 1.82) is 0 Å². The molecular formula is C28H29NO4. The fourth-order valence-corrected chi connectivity index (χ4v) is 3.99. The van der Waals surface area contributed by atoms with Crippen molar-refractivity contribution in [2.75, 3.05) is 27.3 Å². The van der Waals surface area contributed by atoms with Crippen LogP contribution in [-0.2, 0) is 17.9 Å². The monoisotopic (exact) mass is 443 g/mol. The van der Waals surface area contributed by atoms with Crippen molar-refractivity contribution in [2.45, 2.75) is 19.6 Å². The van der Waals surface area contributed by atoms with E-state index in [9.17, 15) is 4.79 Å². The van der Waals surface area contributed by atoms with E-state index in [1.54, 1.807) is 14.2 Å². The van der Waals surface area contributed by atoms with Crippen LogP contribution in [0.3, 0.4) is 0 Å². The quantitative estimate of drug-likeness (QED) is 0.451. The number of benzene rings is 3. The van der Waals surface area contributed by atoms with Crippen LogP contribution < -0.4 is 14.2 Å². The fourth-order valence-electron chi connectivity index (χ4n) is 3.99. The van der Waals surface area contributed by atoms with Crippen molar-refractivity contribution in [3.8, 4) is 17.2 Å². The molecule has 1 aliphatic heterocycles. The van der Waals surface area contributed by atoms with Crippen molar-refractivity contribution >= 4 is 11.9 Å². The number of hydrogen-bond donors (Lipinski definition) is 0. The van der Waals surface area contributed by atoms with Crippen LogP contribution in [0.25, 0.3) is 6.08 Å². The van der Waals surface area contributed by atoms with Crippen molar-refractivity contribution in [2.24, 2.45) is 0 Å². The molecule has 4 rings (SSSR count). The maximum Gasteiger partial charge on any atom is 0.203 e. The summed E-state index contributed by atoms with van der Waals surface area (Å²) in [5, 5.41) is 0. The summed E-state index contributed by atoms with van der Waals surface area (Å²) < 4.78 is 17.2. The highest BCUT2D eigenvalue weighted by molar-refractivity contribution is 6.00. The van der Waals surface area contributed by atoms with E-state index in [1.807, 2.05) is 66.7 Å².